The number of nitrogens with zero attached hydrogens (tertiary/aromatic N) is 16. The highest BCUT2D eigenvalue weighted by molar-refractivity contribution is 5.98. The van der Waals surface area contributed by atoms with Crippen molar-refractivity contribution < 1.29 is 86.8 Å². The molecule has 15 atom stereocenters. The molecule has 36 heteroatoms. The number of H-pyrrole nitrogens is 3. The first-order chi connectivity index (χ1) is 63.5. The van der Waals surface area contributed by atoms with Gasteiger partial charge in [0.1, 0.15) is 91.1 Å². The SMILES string of the molecule is CCC(C)C(N=CO)C(O)=NCC(O)=NC(C)C(O)=NC(CC(C)C)C(O)=NC(C)C(O)=NC(C(O)=NC(C(O)=NC(C(O)=NC(Cc1c[nH]c2ccccc12)C(O)=NC(CC(C)C)C(O)=NC(Cc1ccccc1)C(O)=NC(CC(C)C)C(O)=NC(Cc1c[nH]c2ccccc12)C(O)=NC(CC(C)C)C(O)=NC(Cc1c[nH]c2ccccc12)C(O)=NCCO)C(C)C)C(C)C)C(C)C. The predicted molar refractivity (Wildman–Crippen MR) is 541 cm³/mol. The smallest absolute Gasteiger partial charge is 0.207 e. The average Bonchev–Trinajstić information content (AvgIpc) is 1.66. The van der Waals surface area contributed by atoms with Gasteiger partial charge in [-0.2, -0.15) is 0 Å². The summed E-state index contributed by atoms with van der Waals surface area (Å²) >= 11 is 0. The summed E-state index contributed by atoms with van der Waals surface area (Å²) in [7, 11) is 0. The van der Waals surface area contributed by atoms with Gasteiger partial charge in [-0.25, -0.2) is 74.9 Å². The first-order valence-corrected chi connectivity index (χ1v) is 45.9. The van der Waals surface area contributed by atoms with Crippen LogP contribution in [-0.2, 0) is 25.7 Å². The summed E-state index contributed by atoms with van der Waals surface area (Å²) < 4.78 is 0. The number of benzene rings is 4. The molecule has 0 bridgehead atoms. The van der Waals surface area contributed by atoms with Gasteiger partial charge in [-0.05, 0) is 127 Å². The quantitative estimate of drug-likeness (QED) is 0.0124. The molecule has 134 heavy (non-hydrogen) atoms. The van der Waals surface area contributed by atoms with Crippen LogP contribution < -0.4 is 0 Å². The third-order valence-electron chi connectivity index (χ3n) is 22.4. The first-order valence-electron chi connectivity index (χ1n) is 45.9. The Balaban J connectivity index is 1.25. The fraction of sp³-hybridized carbons (Fsp3) is 0.531. The van der Waals surface area contributed by atoms with Crippen LogP contribution in [0.2, 0.25) is 0 Å². The molecule has 15 unspecified atom stereocenters. The highest BCUT2D eigenvalue weighted by Gasteiger charge is 2.35. The lowest BCUT2D eigenvalue weighted by Gasteiger charge is -2.23. The summed E-state index contributed by atoms with van der Waals surface area (Å²) in [5, 5.41) is 200. The second-order valence-electron chi connectivity index (χ2n) is 36.6. The zero-order valence-corrected chi connectivity index (χ0v) is 80.1. The van der Waals surface area contributed by atoms with Gasteiger partial charge in [0, 0.05) is 77.0 Å². The van der Waals surface area contributed by atoms with Crippen molar-refractivity contribution in [3.05, 3.63) is 144 Å². The van der Waals surface area contributed by atoms with Crippen molar-refractivity contribution in [3.63, 3.8) is 0 Å². The van der Waals surface area contributed by atoms with Crippen LogP contribution in [0.3, 0.4) is 0 Å². The van der Waals surface area contributed by atoms with Gasteiger partial charge >= 0.3 is 0 Å². The molecule has 7 aromatic rings. The van der Waals surface area contributed by atoms with E-state index in [1.807, 2.05) is 135 Å². The van der Waals surface area contributed by atoms with E-state index in [0.717, 1.165) is 38.3 Å². The number of rotatable bonds is 53. The number of aliphatic hydroxyl groups is 17. The van der Waals surface area contributed by atoms with Crippen molar-refractivity contribution in [1.82, 2.24) is 15.0 Å². The average molecular weight is 1860 g/mol. The van der Waals surface area contributed by atoms with Crippen molar-refractivity contribution in [1.29, 1.82) is 0 Å². The maximum Gasteiger partial charge on any atom is 0.207 e. The molecular weight excluding hydrogens is 1720 g/mol. The molecule has 0 radical (unpaired) electrons. The highest BCUT2D eigenvalue weighted by Crippen LogP contribution is 2.29. The number of hydrogen-bond donors (Lipinski definition) is 20. The van der Waals surface area contributed by atoms with E-state index in [9.17, 15) is 86.8 Å². The fourth-order valence-electron chi connectivity index (χ4n) is 14.9. The minimum Gasteiger partial charge on any atom is -0.499 e. The van der Waals surface area contributed by atoms with E-state index >= 15 is 0 Å². The van der Waals surface area contributed by atoms with Crippen LogP contribution >= 0.6 is 0 Å². The van der Waals surface area contributed by atoms with Gasteiger partial charge in [0.05, 0.1) is 13.2 Å². The van der Waals surface area contributed by atoms with Crippen molar-refractivity contribution in [2.45, 2.75) is 267 Å². The molecule has 0 aliphatic heterocycles. The lowest BCUT2D eigenvalue weighted by atomic mass is 10.00. The third-order valence-corrected chi connectivity index (χ3v) is 22.4. The lowest BCUT2D eigenvalue weighted by molar-refractivity contribution is 0.305. The van der Waals surface area contributed by atoms with E-state index in [0.29, 0.717) is 29.5 Å². The van der Waals surface area contributed by atoms with Crippen LogP contribution in [-0.4, -0.2) is 301 Å². The Hall–Kier alpha value is -13.0. The molecule has 0 spiro atoms. The van der Waals surface area contributed by atoms with E-state index in [4.69, 9.17) is 30.0 Å². The summed E-state index contributed by atoms with van der Waals surface area (Å²) in [6.07, 6.45) is 6.62. The van der Waals surface area contributed by atoms with Crippen molar-refractivity contribution in [2.75, 3.05) is 19.7 Å². The maximum absolute atomic E-state index is 12.7. The normalized spacial score (nSPS) is 18.0. The summed E-state index contributed by atoms with van der Waals surface area (Å²) in [5.41, 5.74) is 5.05. The Morgan fingerprint density at radius 1 is 0.306 bits per heavy atom. The van der Waals surface area contributed by atoms with Crippen LogP contribution in [0.4, 0.5) is 0 Å². The van der Waals surface area contributed by atoms with Crippen molar-refractivity contribution in [2.24, 2.45) is 127 Å². The molecule has 0 amide bonds. The Bertz CT molecular complexity index is 5440. The van der Waals surface area contributed by atoms with Crippen LogP contribution in [0, 0.1) is 47.3 Å². The van der Waals surface area contributed by atoms with E-state index in [1.165, 1.54) is 13.8 Å². The van der Waals surface area contributed by atoms with Crippen LogP contribution in [0.1, 0.15) is 179 Å². The molecule has 0 fully saturated rings. The zero-order valence-electron chi connectivity index (χ0n) is 80.1. The number of fused-ring (bicyclic) bond motifs is 3. The largest absolute Gasteiger partial charge is 0.499 e. The van der Waals surface area contributed by atoms with E-state index in [1.54, 1.807) is 97.4 Å². The summed E-state index contributed by atoms with van der Waals surface area (Å²) in [6, 6.07) is 13.6. The highest BCUT2D eigenvalue weighted by atomic mass is 16.3. The monoisotopic (exact) mass is 1860 g/mol. The molecular formula is C98H141N19O17. The Morgan fingerprint density at radius 2 is 0.604 bits per heavy atom. The number of aliphatic hydroxyl groups excluding tert-OH is 17. The van der Waals surface area contributed by atoms with Gasteiger partial charge in [-0.1, -0.05) is 202 Å². The molecule has 730 valence electrons. The minimum atomic E-state index is -1.43. The number of aromatic amines is 3. The molecule has 7 rings (SSSR count). The minimum absolute atomic E-state index is 0.0467. The third kappa shape index (κ3) is 32.7. The maximum atomic E-state index is 12.7. The van der Waals surface area contributed by atoms with Gasteiger partial charge in [0.15, 0.2) is 6.40 Å². The molecule has 4 aromatic carbocycles. The van der Waals surface area contributed by atoms with Gasteiger partial charge in [0.25, 0.3) is 0 Å². The van der Waals surface area contributed by atoms with Crippen LogP contribution in [0.25, 0.3) is 32.7 Å². The molecule has 0 saturated carbocycles. The first kappa shape index (κ1) is 108. The van der Waals surface area contributed by atoms with E-state index < -0.39 is 197 Å². The summed E-state index contributed by atoms with van der Waals surface area (Å²) in [6.45, 7) is 30.6. The predicted octanol–water partition coefficient (Wildman–Crippen LogP) is 17.7. The lowest BCUT2D eigenvalue weighted by Crippen LogP contribution is -2.35. The second-order valence-corrected chi connectivity index (χ2v) is 36.6. The molecule has 3 aromatic heterocycles. The Labute approximate surface area is 783 Å². The van der Waals surface area contributed by atoms with Gasteiger partial charge in [0.2, 0.25) is 88.5 Å². The molecule has 36 nitrogen and oxygen atoms in total. The number of nitrogens with one attached hydrogen (secondary N) is 3. The van der Waals surface area contributed by atoms with Crippen molar-refractivity contribution in [3.8, 4) is 0 Å². The number of hydrogen-bond acceptors (Lipinski definition) is 17. The number of para-hydroxylation sites is 3. The van der Waals surface area contributed by atoms with Gasteiger partial charge in [-0.3, -0.25) is 4.99 Å². The number of aromatic nitrogens is 3. The van der Waals surface area contributed by atoms with E-state index in [2.05, 4.69) is 64.9 Å². The topological polar surface area (TPSA) is 589 Å². The zero-order chi connectivity index (χ0) is 98.9. The van der Waals surface area contributed by atoms with E-state index in [-0.39, 0.29) is 94.1 Å². The molecule has 0 aliphatic carbocycles. The molecule has 20 N–H and O–H groups in total. The van der Waals surface area contributed by atoms with Crippen molar-refractivity contribution >= 4 is 128 Å². The molecule has 3 heterocycles. The van der Waals surface area contributed by atoms with Gasteiger partial charge in [-0.15, -0.1) is 0 Å². The van der Waals surface area contributed by atoms with Crippen LogP contribution in [0.5, 0.6) is 0 Å². The summed E-state index contributed by atoms with van der Waals surface area (Å²) in [5.74, 6) is -11.8. The standard InChI is InChI=1S/C98H141N19O17/c1-19-59(16)84(104-51-119)95(131)103-50-80(120)105-60(17)85(121)107-72(39-52(2)3)88(124)106-61(18)86(122)115-82(57(12)13)97(133)117-83(58(14)15)98(134)116-81(56(10)11)96(132)114-79(46-65-49-102-71-36-28-25-33-68(65)71)94(130)110-73(40-53(4)5)89(125)111-76(43-62-29-21-20-22-30-62)92(128)108-75(42-55(8)9)91(127)113-78(45-64-48-101-70-35-27-24-32-67(64)70)93(129)109-74(41-54(6)7)90(126)112-77(87(123)99-37-38-118)44-63-47-100-69-34-26-23-31-66(63)69/h20-36,47-49,51-61,72-79,81-84,100-102,118H,19,37-46,50H2,1-18H3,(H,99,123)(H,103,131)(H,104,119)(H,105,120)(H,106,124)(H,107,121)(H,108,128)(H,109,129)(H,110,130)(H,111,125)(H,112,126)(H,113,127)(H,114,132)(H,115,122)(H,116,134)(H,117,133). The number of aliphatic imine (C=N–C) groups is 16. The van der Waals surface area contributed by atoms with Gasteiger partial charge < -0.3 is 102 Å². The fourth-order valence-corrected chi connectivity index (χ4v) is 14.9. The summed E-state index contributed by atoms with van der Waals surface area (Å²) in [4.78, 5) is 80.8. The Morgan fingerprint density at radius 3 is 0.963 bits per heavy atom. The van der Waals surface area contributed by atoms with Crippen LogP contribution in [0.15, 0.2) is 202 Å². The Kier molecular flexibility index (Phi) is 42.3. The molecule has 0 saturated heterocycles. The molecule has 0 aliphatic rings. The second kappa shape index (κ2) is 52.4.